The number of alkyl halides is 5. The summed E-state index contributed by atoms with van der Waals surface area (Å²) in [4.78, 5) is 13.5. The smallest absolute Gasteiger partial charge is 0.401 e. The van der Waals surface area contributed by atoms with Crippen LogP contribution in [0.3, 0.4) is 0 Å². The maximum Gasteiger partial charge on any atom is 0.401 e. The quantitative estimate of drug-likeness (QED) is 0.505. The molecule has 0 aromatic heterocycles. The van der Waals surface area contributed by atoms with Crippen LogP contribution in [0.25, 0.3) is 0 Å². The van der Waals surface area contributed by atoms with Crippen molar-refractivity contribution in [1.29, 1.82) is 0 Å². The number of carbonyl (C=O) groups is 1. The molecule has 1 aromatic rings. The molecule has 1 amide bonds. The highest BCUT2D eigenvalue weighted by atomic mass is 19.4. The number of piperidine rings is 1. The molecule has 1 heterocycles. The predicted octanol–water partition coefficient (Wildman–Crippen LogP) is 5.17. The number of hydrogen-bond acceptors (Lipinski definition) is 3. The van der Waals surface area contributed by atoms with Crippen molar-refractivity contribution in [1.82, 2.24) is 10.2 Å². The van der Waals surface area contributed by atoms with E-state index in [-0.39, 0.29) is 12.4 Å². The lowest BCUT2D eigenvalue weighted by molar-refractivity contribution is -0.148. The monoisotopic (exact) mass is 496 g/mol. The van der Waals surface area contributed by atoms with E-state index in [4.69, 9.17) is 4.74 Å². The Kier molecular flexibility index (Phi) is 7.04. The van der Waals surface area contributed by atoms with Crippen LogP contribution in [0.4, 0.5) is 30.7 Å². The molecule has 34 heavy (non-hydrogen) atoms. The van der Waals surface area contributed by atoms with Crippen molar-refractivity contribution < 1.29 is 40.3 Å². The molecule has 2 aliphatic carbocycles. The van der Waals surface area contributed by atoms with Crippen LogP contribution in [-0.2, 0) is 0 Å². The predicted molar refractivity (Wildman–Crippen MR) is 109 cm³/mol. The van der Waals surface area contributed by atoms with E-state index in [0.717, 1.165) is 31.4 Å². The Bertz CT molecular complexity index is 869. The van der Waals surface area contributed by atoms with Crippen molar-refractivity contribution in [2.45, 2.75) is 56.7 Å². The zero-order chi connectivity index (χ0) is 24.7. The molecule has 11 heteroatoms. The van der Waals surface area contributed by atoms with Gasteiger partial charge < -0.3 is 10.1 Å². The normalized spacial score (nSPS) is 25.6. The molecule has 2 saturated carbocycles. The van der Waals surface area contributed by atoms with E-state index in [0.29, 0.717) is 37.3 Å². The fourth-order valence-electron chi connectivity index (χ4n) is 5.17. The number of nitrogens with one attached hydrogen (secondary N) is 1. The third kappa shape index (κ3) is 6.34. The van der Waals surface area contributed by atoms with E-state index in [1.807, 2.05) is 0 Å². The molecule has 1 saturated heterocycles. The average molecular weight is 496 g/mol. The van der Waals surface area contributed by atoms with Gasteiger partial charge in [0.2, 0.25) is 0 Å². The number of nitrogens with zero attached hydrogens (tertiary/aromatic N) is 1. The summed E-state index contributed by atoms with van der Waals surface area (Å²) in [7, 11) is 0. The number of rotatable bonds is 8. The Balaban J connectivity index is 1.19. The van der Waals surface area contributed by atoms with Gasteiger partial charge in [0, 0.05) is 31.0 Å². The molecule has 3 aliphatic rings. The molecule has 1 N–H and O–H groups in total. The van der Waals surface area contributed by atoms with E-state index in [1.165, 1.54) is 4.90 Å². The van der Waals surface area contributed by atoms with Crippen LogP contribution < -0.4 is 10.1 Å². The second-order valence-corrected chi connectivity index (χ2v) is 9.72. The van der Waals surface area contributed by atoms with Crippen molar-refractivity contribution >= 4 is 5.91 Å². The van der Waals surface area contributed by atoms with Gasteiger partial charge in [-0.25, -0.2) is 17.6 Å². The van der Waals surface area contributed by atoms with Gasteiger partial charge in [0.15, 0.2) is 0 Å². The summed E-state index contributed by atoms with van der Waals surface area (Å²) in [6.45, 7) is 0.221. The Morgan fingerprint density at radius 2 is 1.74 bits per heavy atom. The number of likely N-dealkylation sites (tertiary alicyclic amines) is 1. The van der Waals surface area contributed by atoms with E-state index < -0.39 is 60.6 Å². The second kappa shape index (κ2) is 9.54. The summed E-state index contributed by atoms with van der Waals surface area (Å²) in [5.41, 5.74) is -0.832. The molecule has 4 rings (SSSR count). The molecule has 0 spiro atoms. The lowest BCUT2D eigenvalue weighted by Crippen LogP contribution is -2.50. The van der Waals surface area contributed by atoms with E-state index in [2.05, 4.69) is 5.32 Å². The zero-order valence-electron chi connectivity index (χ0n) is 18.4. The van der Waals surface area contributed by atoms with Crippen LogP contribution in [-0.4, -0.2) is 55.2 Å². The maximum absolute atomic E-state index is 14.3. The number of halogens is 7. The van der Waals surface area contributed by atoms with Gasteiger partial charge in [-0.3, -0.25) is 9.69 Å². The number of ether oxygens (including phenoxy) is 1. The van der Waals surface area contributed by atoms with Gasteiger partial charge in [0.1, 0.15) is 22.9 Å². The highest BCUT2D eigenvalue weighted by molar-refractivity contribution is 5.95. The first kappa shape index (κ1) is 25.1. The maximum atomic E-state index is 14.3. The van der Waals surface area contributed by atoms with Crippen LogP contribution in [0.2, 0.25) is 0 Å². The van der Waals surface area contributed by atoms with Gasteiger partial charge in [0.25, 0.3) is 11.8 Å². The van der Waals surface area contributed by atoms with E-state index in [9.17, 15) is 35.5 Å². The summed E-state index contributed by atoms with van der Waals surface area (Å²) in [6.07, 6.45) is -2.20. The largest absolute Gasteiger partial charge is 0.493 e. The Labute approximate surface area is 192 Å². The SMILES string of the molecule is O=C(NC1CC(F)(F)C1)c1c(F)cc(OCCC2CC2C2CCN(CC(F)(F)F)CC2)cc1F. The van der Waals surface area contributed by atoms with Crippen molar-refractivity contribution in [3.05, 3.63) is 29.3 Å². The third-order valence-corrected chi connectivity index (χ3v) is 7.04. The zero-order valence-corrected chi connectivity index (χ0v) is 18.4. The summed E-state index contributed by atoms with van der Waals surface area (Å²) in [6, 6.07) is 0.975. The molecule has 2 atom stereocenters. The van der Waals surface area contributed by atoms with Gasteiger partial charge in [-0.05, 0) is 56.5 Å². The molecule has 1 aliphatic heterocycles. The molecular weight excluding hydrogens is 469 g/mol. The van der Waals surface area contributed by atoms with Gasteiger partial charge in [-0.15, -0.1) is 0 Å². The minimum atomic E-state index is -4.18. The van der Waals surface area contributed by atoms with Gasteiger partial charge in [-0.1, -0.05) is 0 Å². The lowest BCUT2D eigenvalue weighted by atomic mass is 9.88. The molecule has 1 aromatic carbocycles. The molecular formula is C23H27F7N2O2. The number of carbonyl (C=O) groups excluding carboxylic acids is 1. The first-order chi connectivity index (χ1) is 15.9. The van der Waals surface area contributed by atoms with Crippen molar-refractivity contribution in [2.24, 2.45) is 17.8 Å². The van der Waals surface area contributed by atoms with Gasteiger partial charge >= 0.3 is 6.18 Å². The van der Waals surface area contributed by atoms with Crippen LogP contribution in [0.15, 0.2) is 12.1 Å². The number of amides is 1. The Hall–Kier alpha value is -2.04. The van der Waals surface area contributed by atoms with Crippen molar-refractivity contribution in [3.63, 3.8) is 0 Å². The van der Waals surface area contributed by atoms with Crippen molar-refractivity contribution in [2.75, 3.05) is 26.2 Å². The second-order valence-electron chi connectivity index (χ2n) is 9.72. The average Bonchev–Trinajstić information content (AvgIpc) is 3.45. The molecule has 2 unspecified atom stereocenters. The minimum absolute atomic E-state index is 0.0700. The molecule has 4 nitrogen and oxygen atoms in total. The topological polar surface area (TPSA) is 41.6 Å². The number of benzene rings is 1. The fraction of sp³-hybridized carbons (Fsp3) is 0.696. The van der Waals surface area contributed by atoms with Crippen molar-refractivity contribution in [3.8, 4) is 5.75 Å². The first-order valence-corrected chi connectivity index (χ1v) is 11.5. The van der Waals surface area contributed by atoms with E-state index >= 15 is 0 Å². The van der Waals surface area contributed by atoms with Crippen LogP contribution >= 0.6 is 0 Å². The van der Waals surface area contributed by atoms with Crippen LogP contribution in [0, 0.1) is 29.4 Å². The molecule has 190 valence electrons. The Morgan fingerprint density at radius 3 is 2.29 bits per heavy atom. The highest BCUT2D eigenvalue weighted by Crippen LogP contribution is 2.50. The van der Waals surface area contributed by atoms with Crippen LogP contribution in [0.5, 0.6) is 5.75 Å². The molecule has 3 fully saturated rings. The minimum Gasteiger partial charge on any atom is -0.493 e. The fourth-order valence-corrected chi connectivity index (χ4v) is 5.17. The standard InChI is InChI=1S/C23H27F7N2O2/c24-18-8-16(9-19(25)20(18)21(33)31-15-10-22(26,27)11-15)34-6-3-14-7-17(14)13-1-4-32(5-2-13)12-23(28,29)30/h8-9,13-15,17H,1-7,10-12H2,(H,31,33). The lowest BCUT2D eigenvalue weighted by Gasteiger charge is -2.35. The Morgan fingerprint density at radius 1 is 1.12 bits per heavy atom. The number of hydrogen-bond donors (Lipinski definition) is 1. The summed E-state index contributed by atoms with van der Waals surface area (Å²) < 4.78 is 97.4. The molecule has 0 bridgehead atoms. The third-order valence-electron chi connectivity index (χ3n) is 7.04. The van der Waals surface area contributed by atoms with Gasteiger partial charge in [0.05, 0.1) is 13.2 Å². The van der Waals surface area contributed by atoms with E-state index in [1.54, 1.807) is 0 Å². The molecule has 0 radical (unpaired) electrons. The summed E-state index contributed by atoms with van der Waals surface area (Å²) >= 11 is 0. The first-order valence-electron chi connectivity index (χ1n) is 11.5. The summed E-state index contributed by atoms with van der Waals surface area (Å²) in [5.74, 6) is -5.07. The van der Waals surface area contributed by atoms with Crippen LogP contribution in [0.1, 0.15) is 48.9 Å². The van der Waals surface area contributed by atoms with Gasteiger partial charge in [-0.2, -0.15) is 13.2 Å². The summed E-state index contributed by atoms with van der Waals surface area (Å²) in [5, 5.41) is 2.21. The highest BCUT2D eigenvalue weighted by Gasteiger charge is 2.46.